The summed E-state index contributed by atoms with van der Waals surface area (Å²) in [7, 11) is 0. The Morgan fingerprint density at radius 1 is 1.38 bits per heavy atom. The van der Waals surface area contributed by atoms with Crippen molar-refractivity contribution in [2.24, 2.45) is 0 Å². The van der Waals surface area contributed by atoms with Gasteiger partial charge in [-0.1, -0.05) is 20.8 Å². The summed E-state index contributed by atoms with van der Waals surface area (Å²) in [5.41, 5.74) is 0. The molecule has 0 bridgehead atoms. The number of nitrogens with zero attached hydrogens (tertiary/aromatic N) is 3. The zero-order valence-electron chi connectivity index (χ0n) is 13.1. The second-order valence-corrected chi connectivity index (χ2v) is 5.22. The predicted molar refractivity (Wildman–Crippen MR) is 84.6 cm³/mol. The van der Waals surface area contributed by atoms with Gasteiger partial charge >= 0.3 is 0 Å². The first-order valence-corrected chi connectivity index (χ1v) is 7.85. The summed E-state index contributed by atoms with van der Waals surface area (Å²) in [5.74, 6) is 2.59. The molecule has 1 atom stereocenters. The second kappa shape index (κ2) is 7.24. The molecule has 2 heterocycles. The fourth-order valence-electron chi connectivity index (χ4n) is 2.53. The molecule has 0 radical (unpaired) electrons. The first kappa shape index (κ1) is 15.5. The van der Waals surface area contributed by atoms with Crippen molar-refractivity contribution in [2.75, 3.05) is 29.9 Å². The van der Waals surface area contributed by atoms with E-state index in [-0.39, 0.29) is 11.9 Å². The standard InChI is InChI=1S/C15H25N5O/c1-4-7-16-13-10-14(19-12(6-3)18-13)20-9-8-17-15(21)11(20)5-2/h10-11H,4-9H2,1-3H3,(H,17,21)(H,16,18,19). The summed E-state index contributed by atoms with van der Waals surface area (Å²) < 4.78 is 0. The number of carbonyl (C=O) groups excluding carboxylic acids is 1. The molecule has 1 aliphatic heterocycles. The lowest BCUT2D eigenvalue weighted by Crippen LogP contribution is -2.55. The van der Waals surface area contributed by atoms with E-state index in [1.807, 2.05) is 19.9 Å². The van der Waals surface area contributed by atoms with Crippen LogP contribution in [-0.4, -0.2) is 41.6 Å². The minimum atomic E-state index is -0.141. The highest BCUT2D eigenvalue weighted by molar-refractivity contribution is 5.86. The lowest BCUT2D eigenvalue weighted by molar-refractivity contribution is -0.123. The summed E-state index contributed by atoms with van der Waals surface area (Å²) in [6, 6.07) is 1.81. The molecule has 1 amide bonds. The molecule has 2 N–H and O–H groups in total. The number of piperazine rings is 1. The van der Waals surface area contributed by atoms with Crippen LogP contribution in [-0.2, 0) is 11.2 Å². The summed E-state index contributed by atoms with van der Waals surface area (Å²) >= 11 is 0. The Balaban J connectivity index is 2.29. The third-order valence-corrected chi connectivity index (χ3v) is 3.64. The van der Waals surface area contributed by atoms with Gasteiger partial charge in [0.25, 0.3) is 0 Å². The van der Waals surface area contributed by atoms with Gasteiger partial charge < -0.3 is 15.5 Å². The van der Waals surface area contributed by atoms with Gasteiger partial charge in [0.05, 0.1) is 0 Å². The molecule has 1 unspecified atom stereocenters. The van der Waals surface area contributed by atoms with Crippen molar-refractivity contribution in [1.29, 1.82) is 0 Å². The average Bonchev–Trinajstić information content (AvgIpc) is 2.52. The van der Waals surface area contributed by atoms with Crippen LogP contribution >= 0.6 is 0 Å². The Kier molecular flexibility index (Phi) is 5.36. The monoisotopic (exact) mass is 291 g/mol. The molecule has 2 rings (SSSR count). The number of carbonyl (C=O) groups is 1. The van der Waals surface area contributed by atoms with Crippen LogP contribution in [0.25, 0.3) is 0 Å². The van der Waals surface area contributed by atoms with Crippen LogP contribution in [0.3, 0.4) is 0 Å². The molecule has 0 aromatic carbocycles. The third-order valence-electron chi connectivity index (χ3n) is 3.64. The van der Waals surface area contributed by atoms with Crippen molar-refractivity contribution in [3.8, 4) is 0 Å². The molecule has 0 aliphatic carbocycles. The topological polar surface area (TPSA) is 70.2 Å². The number of amides is 1. The summed E-state index contributed by atoms with van der Waals surface area (Å²) in [5, 5.41) is 6.23. The normalized spacial score (nSPS) is 18.5. The number of hydrogen-bond acceptors (Lipinski definition) is 5. The van der Waals surface area contributed by atoms with Gasteiger partial charge in [0.1, 0.15) is 23.5 Å². The van der Waals surface area contributed by atoms with Crippen molar-refractivity contribution < 1.29 is 4.79 Å². The van der Waals surface area contributed by atoms with Gasteiger partial charge in [0, 0.05) is 32.1 Å². The fraction of sp³-hybridized carbons (Fsp3) is 0.667. The Morgan fingerprint density at radius 2 is 2.19 bits per heavy atom. The second-order valence-electron chi connectivity index (χ2n) is 5.22. The van der Waals surface area contributed by atoms with E-state index in [0.29, 0.717) is 6.54 Å². The third kappa shape index (κ3) is 3.62. The fourth-order valence-corrected chi connectivity index (χ4v) is 2.53. The summed E-state index contributed by atoms with van der Waals surface area (Å²) in [4.78, 5) is 23.2. The quantitative estimate of drug-likeness (QED) is 0.832. The molecule has 0 saturated carbocycles. The maximum atomic E-state index is 12.0. The smallest absolute Gasteiger partial charge is 0.242 e. The Bertz CT molecular complexity index is 491. The summed E-state index contributed by atoms with van der Waals surface area (Å²) in [6.07, 6.45) is 2.60. The van der Waals surface area contributed by atoms with E-state index < -0.39 is 0 Å². The van der Waals surface area contributed by atoms with E-state index in [1.54, 1.807) is 0 Å². The van der Waals surface area contributed by atoms with Gasteiger partial charge in [-0.05, 0) is 12.8 Å². The van der Waals surface area contributed by atoms with Gasteiger partial charge in [-0.15, -0.1) is 0 Å². The lowest BCUT2D eigenvalue weighted by atomic mass is 10.1. The van der Waals surface area contributed by atoms with Gasteiger partial charge in [-0.25, -0.2) is 9.97 Å². The Hall–Kier alpha value is -1.85. The highest BCUT2D eigenvalue weighted by Crippen LogP contribution is 2.21. The molecule has 1 aromatic rings. The van der Waals surface area contributed by atoms with E-state index in [4.69, 9.17) is 0 Å². The maximum absolute atomic E-state index is 12.0. The maximum Gasteiger partial charge on any atom is 0.242 e. The number of aryl methyl sites for hydroxylation is 1. The molecule has 116 valence electrons. The van der Waals surface area contributed by atoms with E-state index in [1.165, 1.54) is 0 Å². The van der Waals surface area contributed by atoms with Gasteiger partial charge in [0.2, 0.25) is 5.91 Å². The predicted octanol–water partition coefficient (Wildman–Crippen LogP) is 1.58. The average molecular weight is 291 g/mol. The molecule has 1 aromatic heterocycles. The van der Waals surface area contributed by atoms with Gasteiger partial charge in [-0.2, -0.15) is 0 Å². The van der Waals surface area contributed by atoms with Crippen LogP contribution in [0.15, 0.2) is 6.07 Å². The van der Waals surface area contributed by atoms with Crippen LogP contribution in [0.1, 0.15) is 39.4 Å². The molecule has 1 fully saturated rings. The van der Waals surface area contributed by atoms with Crippen molar-refractivity contribution >= 4 is 17.5 Å². The summed E-state index contributed by atoms with van der Waals surface area (Å²) in [6.45, 7) is 8.54. The van der Waals surface area contributed by atoms with Gasteiger partial charge in [0.15, 0.2) is 0 Å². The molecular weight excluding hydrogens is 266 g/mol. The van der Waals surface area contributed by atoms with Crippen LogP contribution in [0.2, 0.25) is 0 Å². The first-order valence-electron chi connectivity index (χ1n) is 7.85. The molecule has 1 aliphatic rings. The van der Waals surface area contributed by atoms with Crippen molar-refractivity contribution in [1.82, 2.24) is 15.3 Å². The van der Waals surface area contributed by atoms with Crippen LogP contribution < -0.4 is 15.5 Å². The number of hydrogen-bond donors (Lipinski definition) is 2. The molecule has 6 nitrogen and oxygen atoms in total. The van der Waals surface area contributed by atoms with E-state index in [2.05, 4.69) is 32.4 Å². The molecule has 1 saturated heterocycles. The van der Waals surface area contributed by atoms with Crippen molar-refractivity contribution in [3.05, 3.63) is 11.9 Å². The minimum Gasteiger partial charge on any atom is -0.370 e. The van der Waals surface area contributed by atoms with Crippen LogP contribution in [0, 0.1) is 0 Å². The molecular formula is C15H25N5O. The Morgan fingerprint density at radius 3 is 2.86 bits per heavy atom. The SMILES string of the molecule is CCCNc1cc(N2CCNC(=O)C2CC)nc(CC)n1. The number of anilines is 2. The highest BCUT2D eigenvalue weighted by Gasteiger charge is 2.29. The van der Waals surface area contributed by atoms with Gasteiger partial charge in [-0.3, -0.25) is 4.79 Å². The zero-order chi connectivity index (χ0) is 15.2. The number of aromatic nitrogens is 2. The van der Waals surface area contributed by atoms with Crippen LogP contribution in [0.5, 0.6) is 0 Å². The van der Waals surface area contributed by atoms with Crippen molar-refractivity contribution in [3.63, 3.8) is 0 Å². The minimum absolute atomic E-state index is 0.0866. The molecule has 6 heteroatoms. The van der Waals surface area contributed by atoms with Crippen molar-refractivity contribution in [2.45, 2.75) is 46.1 Å². The van der Waals surface area contributed by atoms with E-state index >= 15 is 0 Å². The van der Waals surface area contributed by atoms with E-state index in [9.17, 15) is 4.79 Å². The zero-order valence-corrected chi connectivity index (χ0v) is 13.1. The lowest BCUT2D eigenvalue weighted by Gasteiger charge is -2.35. The molecule has 0 spiro atoms. The van der Waals surface area contributed by atoms with E-state index in [0.717, 1.165) is 49.8 Å². The highest BCUT2D eigenvalue weighted by atomic mass is 16.2. The first-order chi connectivity index (χ1) is 10.2. The largest absolute Gasteiger partial charge is 0.370 e. The Labute approximate surface area is 126 Å². The molecule has 21 heavy (non-hydrogen) atoms. The van der Waals surface area contributed by atoms with Crippen LogP contribution in [0.4, 0.5) is 11.6 Å². The number of rotatable bonds is 6. The number of nitrogens with one attached hydrogen (secondary N) is 2.